The lowest BCUT2D eigenvalue weighted by molar-refractivity contribution is -0.132. The number of ether oxygens (including phenoxy) is 2. The van der Waals surface area contributed by atoms with Gasteiger partial charge in [-0.3, -0.25) is 14.5 Å². The van der Waals surface area contributed by atoms with Gasteiger partial charge in [0.15, 0.2) is 5.13 Å². The second-order valence-corrected chi connectivity index (χ2v) is 9.84. The number of methoxy groups -OCH3 is 1. The van der Waals surface area contributed by atoms with Crippen molar-refractivity contribution in [3.63, 3.8) is 0 Å². The van der Waals surface area contributed by atoms with Crippen molar-refractivity contribution >= 4 is 44.1 Å². The molecule has 1 aliphatic rings. The first-order valence-electron chi connectivity index (χ1n) is 11.9. The van der Waals surface area contributed by atoms with Crippen molar-refractivity contribution < 1.29 is 24.2 Å². The van der Waals surface area contributed by atoms with Gasteiger partial charge >= 0.3 is 5.91 Å². The number of nitrogens with zero attached hydrogens (tertiary/aromatic N) is 2. The third kappa shape index (κ3) is 4.34. The van der Waals surface area contributed by atoms with Crippen molar-refractivity contribution in [1.29, 1.82) is 0 Å². The molecule has 1 aromatic heterocycles. The molecule has 0 spiro atoms. The zero-order valence-corrected chi connectivity index (χ0v) is 21.8. The predicted octanol–water partition coefficient (Wildman–Crippen LogP) is 5.95. The number of aliphatic hydroxyl groups excluding tert-OH is 1. The van der Waals surface area contributed by atoms with Gasteiger partial charge in [0.25, 0.3) is 5.78 Å². The van der Waals surface area contributed by atoms with Gasteiger partial charge in [-0.2, -0.15) is 0 Å². The molecular weight excluding hydrogens is 488 g/mol. The van der Waals surface area contributed by atoms with Gasteiger partial charge in [-0.1, -0.05) is 29.5 Å². The Morgan fingerprint density at radius 2 is 1.81 bits per heavy atom. The van der Waals surface area contributed by atoms with E-state index < -0.39 is 17.7 Å². The highest BCUT2D eigenvalue weighted by atomic mass is 32.1. The Hall–Kier alpha value is -4.17. The van der Waals surface area contributed by atoms with Gasteiger partial charge < -0.3 is 14.6 Å². The highest BCUT2D eigenvalue weighted by Gasteiger charge is 2.48. The van der Waals surface area contributed by atoms with Crippen molar-refractivity contribution in [2.75, 3.05) is 18.6 Å². The molecule has 188 valence electrons. The topological polar surface area (TPSA) is 89.0 Å². The number of aromatic nitrogens is 1. The van der Waals surface area contributed by atoms with Crippen LogP contribution in [-0.2, 0) is 9.59 Å². The summed E-state index contributed by atoms with van der Waals surface area (Å²) in [5.74, 6) is -0.561. The summed E-state index contributed by atoms with van der Waals surface area (Å²) in [6.07, 6.45) is 0. The van der Waals surface area contributed by atoms with E-state index >= 15 is 0 Å². The van der Waals surface area contributed by atoms with Gasteiger partial charge in [0, 0.05) is 5.56 Å². The summed E-state index contributed by atoms with van der Waals surface area (Å²) in [6, 6.07) is 17.1. The summed E-state index contributed by atoms with van der Waals surface area (Å²) in [6.45, 7) is 6.37. The molecule has 2 heterocycles. The summed E-state index contributed by atoms with van der Waals surface area (Å²) < 4.78 is 11.8. The molecule has 1 atom stereocenters. The fourth-order valence-electron chi connectivity index (χ4n) is 4.65. The van der Waals surface area contributed by atoms with E-state index in [2.05, 4.69) is 0 Å². The number of carbonyl (C=O) groups is 2. The van der Waals surface area contributed by atoms with Crippen LogP contribution >= 0.6 is 11.3 Å². The van der Waals surface area contributed by atoms with E-state index in [9.17, 15) is 14.7 Å². The van der Waals surface area contributed by atoms with Crippen LogP contribution in [0.25, 0.3) is 16.0 Å². The molecular formula is C29H26N2O5S. The summed E-state index contributed by atoms with van der Waals surface area (Å²) in [7, 11) is 1.55. The third-order valence-electron chi connectivity index (χ3n) is 6.32. The van der Waals surface area contributed by atoms with Crippen LogP contribution in [0.1, 0.15) is 35.2 Å². The average molecular weight is 515 g/mol. The molecule has 0 radical (unpaired) electrons. The first-order valence-corrected chi connectivity index (χ1v) is 12.7. The number of Topliss-reactive ketones (excluding diaryl/α,β-unsaturated/α-hetero) is 1. The number of hydrogen-bond donors (Lipinski definition) is 1. The second kappa shape index (κ2) is 9.71. The molecule has 37 heavy (non-hydrogen) atoms. The van der Waals surface area contributed by atoms with Gasteiger partial charge in [-0.25, -0.2) is 4.98 Å². The first-order chi connectivity index (χ1) is 17.8. The normalized spacial score (nSPS) is 17.0. The minimum absolute atomic E-state index is 0.00503. The third-order valence-corrected chi connectivity index (χ3v) is 7.32. The predicted molar refractivity (Wildman–Crippen MR) is 144 cm³/mol. The van der Waals surface area contributed by atoms with Crippen molar-refractivity contribution in [3.8, 4) is 11.5 Å². The van der Waals surface area contributed by atoms with E-state index in [0.29, 0.717) is 34.4 Å². The number of aliphatic hydroxyl groups is 1. The van der Waals surface area contributed by atoms with Gasteiger partial charge in [-0.05, 0) is 79.9 Å². The van der Waals surface area contributed by atoms with Crippen LogP contribution in [0.15, 0.2) is 66.2 Å². The van der Waals surface area contributed by atoms with Crippen molar-refractivity contribution in [1.82, 2.24) is 4.98 Å². The van der Waals surface area contributed by atoms with E-state index in [-0.39, 0.29) is 11.3 Å². The fraction of sp³-hybridized carbons (Fsp3) is 0.207. The lowest BCUT2D eigenvalue weighted by Crippen LogP contribution is -2.29. The molecule has 1 fully saturated rings. The van der Waals surface area contributed by atoms with Crippen molar-refractivity contribution in [2.45, 2.75) is 26.8 Å². The number of ketones is 1. The molecule has 3 aromatic carbocycles. The minimum atomic E-state index is -0.886. The second-order valence-electron chi connectivity index (χ2n) is 8.83. The standard InChI is InChI=1S/C29H26N2O5S/c1-5-36-20-11-9-18(10-12-20)26(32)23-25(19-7-6-8-21(15-19)35-4)31(28(34)27(23)33)29-30-24-17(3)13-16(2)14-22(24)37-29/h6-15,25,32H,5H2,1-4H3/b26-23+. The average Bonchev–Trinajstić information content (AvgIpc) is 3.43. The maximum absolute atomic E-state index is 13.5. The summed E-state index contributed by atoms with van der Waals surface area (Å²) in [5.41, 5.74) is 3.88. The van der Waals surface area contributed by atoms with E-state index in [1.807, 2.05) is 32.9 Å². The van der Waals surface area contributed by atoms with Crippen LogP contribution in [-0.4, -0.2) is 35.5 Å². The molecule has 4 aromatic rings. The SMILES string of the molecule is CCOc1ccc(/C(O)=C2\C(=O)C(=O)N(c3nc4c(C)cc(C)cc4s3)C2c2cccc(OC)c2)cc1. The molecule has 1 saturated heterocycles. The smallest absolute Gasteiger partial charge is 0.301 e. The Bertz CT molecular complexity index is 1550. The first kappa shape index (κ1) is 24.5. The van der Waals surface area contributed by atoms with Crippen molar-refractivity contribution in [3.05, 3.63) is 88.5 Å². The Balaban J connectivity index is 1.71. The van der Waals surface area contributed by atoms with Crippen LogP contribution in [0.2, 0.25) is 0 Å². The Morgan fingerprint density at radius 1 is 1.05 bits per heavy atom. The molecule has 1 unspecified atom stereocenters. The molecule has 1 aliphatic heterocycles. The summed E-state index contributed by atoms with van der Waals surface area (Å²) in [4.78, 5) is 33.1. The number of benzene rings is 3. The monoisotopic (exact) mass is 514 g/mol. The van der Waals surface area contributed by atoms with Gasteiger partial charge in [0.05, 0.1) is 35.5 Å². The van der Waals surface area contributed by atoms with Gasteiger partial charge in [-0.15, -0.1) is 0 Å². The molecule has 0 saturated carbocycles. The lowest BCUT2D eigenvalue weighted by atomic mass is 9.95. The number of anilines is 1. The quantitative estimate of drug-likeness (QED) is 0.194. The molecule has 1 amide bonds. The Morgan fingerprint density at radius 3 is 2.51 bits per heavy atom. The number of amides is 1. The highest BCUT2D eigenvalue weighted by molar-refractivity contribution is 7.22. The number of thiazole rings is 1. The van der Waals surface area contributed by atoms with Crippen LogP contribution < -0.4 is 14.4 Å². The number of aryl methyl sites for hydroxylation is 2. The minimum Gasteiger partial charge on any atom is -0.507 e. The summed E-state index contributed by atoms with van der Waals surface area (Å²) in [5, 5.41) is 11.8. The van der Waals surface area contributed by atoms with Crippen LogP contribution in [0.5, 0.6) is 11.5 Å². The zero-order chi connectivity index (χ0) is 26.3. The van der Waals surface area contributed by atoms with Gasteiger partial charge in [0.1, 0.15) is 17.3 Å². The van der Waals surface area contributed by atoms with Crippen LogP contribution in [0.3, 0.4) is 0 Å². The number of carbonyl (C=O) groups excluding carboxylic acids is 2. The van der Waals surface area contributed by atoms with E-state index in [0.717, 1.165) is 21.3 Å². The Kier molecular flexibility index (Phi) is 6.43. The maximum Gasteiger partial charge on any atom is 0.301 e. The largest absolute Gasteiger partial charge is 0.507 e. The molecule has 0 aliphatic carbocycles. The molecule has 7 nitrogen and oxygen atoms in total. The van der Waals surface area contributed by atoms with E-state index in [1.54, 1.807) is 55.6 Å². The molecule has 8 heteroatoms. The molecule has 0 bridgehead atoms. The van der Waals surface area contributed by atoms with E-state index in [1.165, 1.54) is 16.2 Å². The maximum atomic E-state index is 13.5. The molecule has 1 N–H and O–H groups in total. The van der Waals surface area contributed by atoms with Crippen LogP contribution in [0.4, 0.5) is 5.13 Å². The number of rotatable bonds is 6. The zero-order valence-electron chi connectivity index (χ0n) is 20.9. The van der Waals surface area contributed by atoms with Crippen molar-refractivity contribution in [2.24, 2.45) is 0 Å². The Labute approximate surface area is 218 Å². The van der Waals surface area contributed by atoms with Gasteiger partial charge in [0.2, 0.25) is 0 Å². The fourth-order valence-corrected chi connectivity index (χ4v) is 5.82. The van der Waals surface area contributed by atoms with Crippen LogP contribution in [0, 0.1) is 13.8 Å². The van der Waals surface area contributed by atoms with E-state index in [4.69, 9.17) is 14.5 Å². The summed E-state index contributed by atoms with van der Waals surface area (Å²) >= 11 is 1.34. The lowest BCUT2D eigenvalue weighted by Gasteiger charge is -2.23. The number of hydrogen-bond acceptors (Lipinski definition) is 7. The highest BCUT2D eigenvalue weighted by Crippen LogP contribution is 2.45. The number of fused-ring (bicyclic) bond motifs is 1. The molecule has 5 rings (SSSR count).